The second-order valence-corrected chi connectivity index (χ2v) is 4.72. The molecule has 0 aliphatic rings. The molecule has 0 atom stereocenters. The predicted molar refractivity (Wildman–Crippen MR) is 68.5 cm³/mol. The third kappa shape index (κ3) is 2.81. The van der Waals surface area contributed by atoms with E-state index in [-0.39, 0.29) is 5.97 Å². The average Bonchev–Trinajstić information content (AvgIpc) is 2.89. The van der Waals surface area contributed by atoms with Gasteiger partial charge in [0.1, 0.15) is 6.26 Å². The molecule has 0 unspecified atom stereocenters. The van der Waals surface area contributed by atoms with Crippen LogP contribution < -0.4 is 0 Å². The van der Waals surface area contributed by atoms with E-state index in [0.717, 1.165) is 17.0 Å². The third-order valence-corrected chi connectivity index (χ3v) is 3.08. The number of H-pyrrole nitrogens is 1. The number of aromatic amines is 1. The largest absolute Gasteiger partial charge is 0.462 e. The minimum absolute atomic E-state index is 0.322. The number of aromatic nitrogens is 2. The zero-order valence-electron chi connectivity index (χ0n) is 10.1. The van der Waals surface area contributed by atoms with E-state index in [4.69, 9.17) is 9.15 Å². The van der Waals surface area contributed by atoms with E-state index in [1.54, 1.807) is 6.07 Å². The molecule has 0 radical (unpaired) electrons. The average molecular weight is 313 g/mol. The van der Waals surface area contributed by atoms with Crippen LogP contribution in [-0.4, -0.2) is 22.8 Å². The summed E-state index contributed by atoms with van der Waals surface area (Å²) in [5, 5.41) is 6.99. The number of halogens is 1. The Hall–Kier alpha value is -1.56. The molecule has 2 aromatic heterocycles. The number of furan rings is 1. The van der Waals surface area contributed by atoms with E-state index in [1.807, 2.05) is 13.8 Å². The minimum atomic E-state index is -0.386. The number of ether oxygens (including phenoxy) is 1. The Kier molecular flexibility index (Phi) is 3.86. The first-order valence-corrected chi connectivity index (χ1v) is 6.29. The van der Waals surface area contributed by atoms with Gasteiger partial charge in [0.05, 0.1) is 17.9 Å². The second-order valence-electron chi connectivity index (χ2n) is 3.94. The summed E-state index contributed by atoms with van der Waals surface area (Å²) >= 11 is 3.13. The van der Waals surface area contributed by atoms with Crippen molar-refractivity contribution in [1.29, 1.82) is 0 Å². The topological polar surface area (TPSA) is 68.1 Å². The molecule has 2 aromatic rings. The van der Waals surface area contributed by atoms with Gasteiger partial charge in [-0.05, 0) is 35.3 Å². The van der Waals surface area contributed by atoms with Crippen LogP contribution in [0.3, 0.4) is 0 Å². The number of nitrogens with zero attached hydrogens (tertiary/aromatic N) is 1. The highest BCUT2D eigenvalue weighted by Gasteiger charge is 2.12. The van der Waals surface area contributed by atoms with Crippen LogP contribution in [0.5, 0.6) is 0 Å². The van der Waals surface area contributed by atoms with Gasteiger partial charge in [0.25, 0.3) is 0 Å². The molecular formula is C12H13BrN2O3. The van der Waals surface area contributed by atoms with Gasteiger partial charge in [-0.25, -0.2) is 4.79 Å². The van der Waals surface area contributed by atoms with Gasteiger partial charge in [-0.2, -0.15) is 5.10 Å². The maximum Gasteiger partial charge on any atom is 0.341 e. The number of nitrogens with one attached hydrogen (secondary N) is 1. The van der Waals surface area contributed by atoms with E-state index in [0.29, 0.717) is 23.3 Å². The maximum atomic E-state index is 11.6. The Morgan fingerprint density at radius 1 is 1.56 bits per heavy atom. The summed E-state index contributed by atoms with van der Waals surface area (Å²) < 4.78 is 10.7. The van der Waals surface area contributed by atoms with Gasteiger partial charge in [0, 0.05) is 18.2 Å². The highest BCUT2D eigenvalue weighted by Crippen LogP contribution is 2.15. The molecule has 6 heteroatoms. The second kappa shape index (κ2) is 5.39. The Balaban J connectivity index is 1.88. The van der Waals surface area contributed by atoms with Gasteiger partial charge in [0.15, 0.2) is 4.67 Å². The molecule has 0 saturated carbocycles. The third-order valence-electron chi connectivity index (χ3n) is 2.67. The van der Waals surface area contributed by atoms with Crippen LogP contribution >= 0.6 is 15.9 Å². The fourth-order valence-corrected chi connectivity index (χ4v) is 2.03. The Bertz CT molecular complexity index is 540. The van der Waals surface area contributed by atoms with Crippen molar-refractivity contribution >= 4 is 21.9 Å². The number of hydrogen-bond acceptors (Lipinski definition) is 4. The quantitative estimate of drug-likeness (QED) is 0.881. The van der Waals surface area contributed by atoms with Gasteiger partial charge in [-0.1, -0.05) is 0 Å². The first-order chi connectivity index (χ1) is 8.58. The first-order valence-electron chi connectivity index (χ1n) is 5.49. The number of carbonyl (C=O) groups excluding carboxylic acids is 1. The van der Waals surface area contributed by atoms with E-state index in [2.05, 4.69) is 26.1 Å². The summed E-state index contributed by atoms with van der Waals surface area (Å²) in [5.74, 6) is -0.386. The summed E-state index contributed by atoms with van der Waals surface area (Å²) in [5.41, 5.74) is 3.45. The molecule has 0 aliphatic carbocycles. The number of hydrogen-bond donors (Lipinski definition) is 1. The molecule has 0 aliphatic heterocycles. The molecule has 18 heavy (non-hydrogen) atoms. The van der Waals surface area contributed by atoms with Crippen LogP contribution in [0.2, 0.25) is 0 Å². The van der Waals surface area contributed by atoms with Crippen LogP contribution in [0, 0.1) is 13.8 Å². The first kappa shape index (κ1) is 12.9. The van der Waals surface area contributed by atoms with Crippen LogP contribution in [0.15, 0.2) is 21.4 Å². The van der Waals surface area contributed by atoms with Gasteiger partial charge < -0.3 is 9.15 Å². The lowest BCUT2D eigenvalue weighted by Gasteiger charge is -2.03. The Morgan fingerprint density at radius 2 is 2.33 bits per heavy atom. The molecule has 0 bridgehead atoms. The molecule has 0 amide bonds. The molecule has 0 fully saturated rings. The number of rotatable bonds is 4. The van der Waals surface area contributed by atoms with Crippen molar-refractivity contribution in [2.45, 2.75) is 20.3 Å². The number of esters is 1. The molecule has 1 N–H and O–H groups in total. The van der Waals surface area contributed by atoms with Gasteiger partial charge in [-0.15, -0.1) is 0 Å². The standard InChI is InChI=1S/C12H13BrN2O3/c1-7-10(8(2)15-14-7)3-4-17-12(16)9-5-11(13)18-6-9/h5-6H,3-4H2,1-2H3,(H,14,15). The highest BCUT2D eigenvalue weighted by molar-refractivity contribution is 9.10. The number of carbonyl (C=O) groups is 1. The highest BCUT2D eigenvalue weighted by atomic mass is 79.9. The van der Waals surface area contributed by atoms with E-state index in [9.17, 15) is 4.79 Å². The lowest BCUT2D eigenvalue weighted by molar-refractivity contribution is 0.0508. The molecule has 96 valence electrons. The molecule has 2 heterocycles. The van der Waals surface area contributed by atoms with Gasteiger partial charge in [-0.3, -0.25) is 5.10 Å². The summed E-state index contributed by atoms with van der Waals surface area (Å²) in [6.07, 6.45) is 2.01. The van der Waals surface area contributed by atoms with Crippen molar-refractivity contribution in [2.24, 2.45) is 0 Å². The van der Waals surface area contributed by atoms with Crippen molar-refractivity contribution < 1.29 is 13.9 Å². The zero-order valence-corrected chi connectivity index (χ0v) is 11.7. The molecule has 0 spiro atoms. The molecule has 0 aromatic carbocycles. The van der Waals surface area contributed by atoms with Crippen molar-refractivity contribution in [1.82, 2.24) is 10.2 Å². The molecule has 5 nitrogen and oxygen atoms in total. The van der Waals surface area contributed by atoms with Crippen molar-refractivity contribution in [3.8, 4) is 0 Å². The number of aryl methyl sites for hydroxylation is 2. The van der Waals surface area contributed by atoms with Crippen LogP contribution in [-0.2, 0) is 11.2 Å². The van der Waals surface area contributed by atoms with Gasteiger partial charge in [0.2, 0.25) is 0 Å². The molecule has 0 saturated heterocycles. The minimum Gasteiger partial charge on any atom is -0.462 e. The predicted octanol–water partition coefficient (Wildman–Crippen LogP) is 2.78. The van der Waals surface area contributed by atoms with E-state index in [1.165, 1.54) is 6.26 Å². The van der Waals surface area contributed by atoms with Crippen LogP contribution in [0.4, 0.5) is 0 Å². The van der Waals surface area contributed by atoms with Gasteiger partial charge >= 0.3 is 5.97 Å². The smallest absolute Gasteiger partial charge is 0.341 e. The van der Waals surface area contributed by atoms with Crippen LogP contribution in [0.25, 0.3) is 0 Å². The Morgan fingerprint density at radius 3 is 2.89 bits per heavy atom. The van der Waals surface area contributed by atoms with E-state index >= 15 is 0 Å². The summed E-state index contributed by atoms with van der Waals surface area (Å²) in [4.78, 5) is 11.6. The lowest BCUT2D eigenvalue weighted by Crippen LogP contribution is -2.08. The summed E-state index contributed by atoms with van der Waals surface area (Å²) in [6.45, 7) is 4.20. The normalized spacial score (nSPS) is 10.6. The Labute approximate surface area is 113 Å². The monoisotopic (exact) mass is 312 g/mol. The maximum absolute atomic E-state index is 11.6. The lowest BCUT2D eigenvalue weighted by atomic mass is 10.1. The fraction of sp³-hybridized carbons (Fsp3) is 0.333. The molecular weight excluding hydrogens is 300 g/mol. The van der Waals surface area contributed by atoms with Crippen molar-refractivity contribution in [3.05, 3.63) is 39.5 Å². The van der Waals surface area contributed by atoms with Crippen molar-refractivity contribution in [3.63, 3.8) is 0 Å². The van der Waals surface area contributed by atoms with E-state index < -0.39 is 0 Å². The molecule has 2 rings (SSSR count). The van der Waals surface area contributed by atoms with Crippen molar-refractivity contribution in [2.75, 3.05) is 6.61 Å². The zero-order chi connectivity index (χ0) is 13.1. The van der Waals surface area contributed by atoms with Crippen LogP contribution in [0.1, 0.15) is 27.3 Å². The summed E-state index contributed by atoms with van der Waals surface area (Å²) in [7, 11) is 0. The SMILES string of the molecule is Cc1n[nH]c(C)c1CCOC(=O)c1coc(Br)c1. The summed E-state index contributed by atoms with van der Waals surface area (Å²) in [6, 6.07) is 1.58. The fourth-order valence-electron chi connectivity index (χ4n) is 1.69.